The normalized spacial score (nSPS) is 11.7. The number of thioether (sulfide) groups is 1. The number of allylic oxidation sites excluding steroid dienone is 1. The van der Waals surface area contributed by atoms with Crippen LogP contribution in [0, 0.1) is 13.8 Å². The predicted molar refractivity (Wildman–Crippen MR) is 137 cm³/mol. The van der Waals surface area contributed by atoms with Crippen LogP contribution in [0.1, 0.15) is 42.6 Å². The van der Waals surface area contributed by atoms with Crippen molar-refractivity contribution in [2.45, 2.75) is 51.9 Å². The number of nitrogens with zero attached hydrogens (tertiary/aromatic N) is 4. The summed E-state index contributed by atoms with van der Waals surface area (Å²) in [7, 11) is 0. The van der Waals surface area contributed by atoms with E-state index in [1.807, 2.05) is 36.6 Å². The van der Waals surface area contributed by atoms with Gasteiger partial charge in [0.1, 0.15) is 5.75 Å². The van der Waals surface area contributed by atoms with Gasteiger partial charge in [-0.2, -0.15) is 0 Å². The lowest BCUT2D eigenvalue weighted by atomic mass is 10.1. The fourth-order valence-electron chi connectivity index (χ4n) is 3.14. The summed E-state index contributed by atoms with van der Waals surface area (Å²) in [5.41, 5.74) is 2.91. The van der Waals surface area contributed by atoms with E-state index in [1.54, 1.807) is 18.4 Å². The molecule has 3 aromatic rings. The molecule has 0 saturated heterocycles. The molecule has 1 atom stereocenters. The van der Waals surface area contributed by atoms with Crippen LogP contribution in [-0.2, 0) is 27.3 Å². The molecule has 0 aliphatic heterocycles. The third kappa shape index (κ3) is 7.40. The van der Waals surface area contributed by atoms with E-state index < -0.39 is 0 Å². The average Bonchev–Trinajstić information content (AvgIpc) is 3.42. The Morgan fingerprint density at radius 1 is 1.29 bits per heavy atom. The van der Waals surface area contributed by atoms with Crippen molar-refractivity contribution in [1.29, 1.82) is 0 Å². The molecule has 0 aliphatic rings. The Morgan fingerprint density at radius 2 is 2.09 bits per heavy atom. The summed E-state index contributed by atoms with van der Waals surface area (Å²) in [6, 6.07) is 5.95. The van der Waals surface area contributed by atoms with Gasteiger partial charge in [-0.3, -0.25) is 14.2 Å². The fraction of sp³-hybridized carbons (Fsp3) is 0.375. The molecule has 0 spiro atoms. The number of carbonyl (C=O) groups excluding carboxylic acids is 2. The quantitative estimate of drug-likeness (QED) is 0.213. The Morgan fingerprint density at radius 3 is 2.80 bits per heavy atom. The highest BCUT2D eigenvalue weighted by Crippen LogP contribution is 2.26. The molecule has 186 valence electrons. The molecule has 0 bridgehead atoms. The minimum atomic E-state index is -0.348. The molecule has 35 heavy (non-hydrogen) atoms. The van der Waals surface area contributed by atoms with Gasteiger partial charge in [0.05, 0.1) is 24.5 Å². The number of hydrogen-bond acceptors (Lipinski definition) is 9. The van der Waals surface area contributed by atoms with Crippen LogP contribution >= 0.6 is 23.1 Å². The van der Waals surface area contributed by atoms with Crippen molar-refractivity contribution in [1.82, 2.24) is 19.7 Å². The molecule has 2 heterocycles. The lowest BCUT2D eigenvalue weighted by molar-refractivity contribution is -0.142. The zero-order chi connectivity index (χ0) is 25.4. The molecule has 1 N–H and O–H groups in total. The van der Waals surface area contributed by atoms with Gasteiger partial charge in [0, 0.05) is 11.9 Å². The van der Waals surface area contributed by atoms with Crippen molar-refractivity contribution in [2.24, 2.45) is 0 Å². The molecule has 2 aromatic heterocycles. The van der Waals surface area contributed by atoms with E-state index in [9.17, 15) is 9.59 Å². The number of thiazole rings is 1. The third-order valence-electron chi connectivity index (χ3n) is 4.97. The van der Waals surface area contributed by atoms with Gasteiger partial charge >= 0.3 is 5.97 Å². The number of esters is 1. The highest BCUT2D eigenvalue weighted by atomic mass is 32.2. The van der Waals surface area contributed by atoms with Crippen LogP contribution in [0.15, 0.2) is 41.4 Å². The van der Waals surface area contributed by atoms with E-state index in [4.69, 9.17) is 9.47 Å². The highest BCUT2D eigenvalue weighted by molar-refractivity contribution is 7.99. The molecule has 1 aromatic carbocycles. The molecule has 0 fully saturated rings. The highest BCUT2D eigenvalue weighted by Gasteiger charge is 2.20. The standard InChI is InChI=1S/C24H29N5O4S2/c1-6-10-29-22(17(5)33-19-9-8-15(3)16(4)11-19)27-28-24(29)35-14-20(30)26-23-25-18(13-34-23)12-21(31)32-7-2/h6,8-9,11,13,17H,1,7,10,12,14H2,2-5H3,(H,25,26,30). The summed E-state index contributed by atoms with van der Waals surface area (Å²) in [5.74, 6) is 0.942. The predicted octanol–water partition coefficient (Wildman–Crippen LogP) is 4.51. The number of benzene rings is 1. The number of amides is 1. The Labute approximate surface area is 213 Å². The van der Waals surface area contributed by atoms with E-state index in [0.717, 1.165) is 11.3 Å². The van der Waals surface area contributed by atoms with Crippen LogP contribution in [-0.4, -0.2) is 44.0 Å². The van der Waals surface area contributed by atoms with Crippen molar-refractivity contribution in [3.05, 3.63) is 58.9 Å². The molecule has 1 unspecified atom stereocenters. The number of nitrogens with one attached hydrogen (secondary N) is 1. The molecular formula is C24H29N5O4S2. The molecule has 0 saturated carbocycles. The number of aromatic nitrogens is 4. The second kappa shape index (κ2) is 12.5. The van der Waals surface area contributed by atoms with Gasteiger partial charge in [0.25, 0.3) is 0 Å². The zero-order valence-corrected chi connectivity index (χ0v) is 21.9. The first-order chi connectivity index (χ1) is 16.8. The Bertz CT molecular complexity index is 1190. The second-order valence-electron chi connectivity index (χ2n) is 7.71. The molecule has 9 nitrogen and oxygen atoms in total. The van der Waals surface area contributed by atoms with Gasteiger partial charge in [-0.05, 0) is 51.0 Å². The van der Waals surface area contributed by atoms with Gasteiger partial charge in [0.15, 0.2) is 22.2 Å². The van der Waals surface area contributed by atoms with Crippen LogP contribution in [0.4, 0.5) is 5.13 Å². The van der Waals surface area contributed by atoms with Gasteiger partial charge in [-0.15, -0.1) is 28.1 Å². The maximum Gasteiger partial charge on any atom is 0.311 e. The van der Waals surface area contributed by atoms with E-state index in [2.05, 4.69) is 34.0 Å². The molecular weight excluding hydrogens is 486 g/mol. The maximum absolute atomic E-state index is 12.5. The van der Waals surface area contributed by atoms with E-state index in [1.165, 1.54) is 28.7 Å². The Hall–Kier alpha value is -3.18. The molecule has 0 aliphatic carbocycles. The Kier molecular flexibility index (Phi) is 9.44. The number of ether oxygens (including phenoxy) is 2. The second-order valence-corrected chi connectivity index (χ2v) is 9.51. The zero-order valence-electron chi connectivity index (χ0n) is 20.2. The number of carbonyl (C=O) groups is 2. The molecule has 1 amide bonds. The number of hydrogen-bond donors (Lipinski definition) is 1. The van der Waals surface area contributed by atoms with Gasteiger partial charge in [0.2, 0.25) is 5.91 Å². The van der Waals surface area contributed by atoms with E-state index >= 15 is 0 Å². The summed E-state index contributed by atoms with van der Waals surface area (Å²) in [6.45, 7) is 12.4. The maximum atomic E-state index is 12.5. The van der Waals surface area contributed by atoms with Gasteiger partial charge in [-0.25, -0.2) is 4.98 Å². The van der Waals surface area contributed by atoms with E-state index in [-0.39, 0.29) is 30.2 Å². The Balaban J connectivity index is 1.60. The van der Waals surface area contributed by atoms with Crippen molar-refractivity contribution in [3.8, 4) is 5.75 Å². The average molecular weight is 516 g/mol. The lowest BCUT2D eigenvalue weighted by Gasteiger charge is -2.16. The molecule has 0 radical (unpaired) electrons. The minimum Gasteiger partial charge on any atom is -0.483 e. The minimum absolute atomic E-state index is 0.0742. The fourth-order valence-corrected chi connectivity index (χ4v) is 4.62. The van der Waals surface area contributed by atoms with Gasteiger partial charge < -0.3 is 14.8 Å². The SMILES string of the molecule is C=CCn1c(SCC(=O)Nc2nc(CC(=O)OCC)cs2)nnc1C(C)Oc1ccc(C)c(C)c1. The summed E-state index contributed by atoms with van der Waals surface area (Å²) in [5, 5.41) is 14.1. The summed E-state index contributed by atoms with van der Waals surface area (Å²) < 4.78 is 12.9. The first-order valence-electron chi connectivity index (χ1n) is 11.1. The first kappa shape index (κ1) is 26.4. The number of anilines is 1. The number of aryl methyl sites for hydroxylation is 2. The third-order valence-corrected chi connectivity index (χ3v) is 6.75. The van der Waals surface area contributed by atoms with Crippen molar-refractivity contribution in [3.63, 3.8) is 0 Å². The van der Waals surface area contributed by atoms with Crippen LogP contribution in [0.2, 0.25) is 0 Å². The lowest BCUT2D eigenvalue weighted by Crippen LogP contribution is -2.15. The monoisotopic (exact) mass is 515 g/mol. The van der Waals surface area contributed by atoms with Crippen molar-refractivity contribution in [2.75, 3.05) is 17.7 Å². The van der Waals surface area contributed by atoms with Crippen molar-refractivity contribution < 1.29 is 19.1 Å². The van der Waals surface area contributed by atoms with Crippen LogP contribution in [0.25, 0.3) is 0 Å². The largest absolute Gasteiger partial charge is 0.483 e. The first-order valence-corrected chi connectivity index (χ1v) is 13.0. The molecule has 11 heteroatoms. The van der Waals surface area contributed by atoms with Crippen LogP contribution < -0.4 is 10.1 Å². The summed E-state index contributed by atoms with van der Waals surface area (Å²) >= 11 is 2.52. The topological polar surface area (TPSA) is 108 Å². The van der Waals surface area contributed by atoms with E-state index in [0.29, 0.717) is 35.0 Å². The number of rotatable bonds is 12. The summed E-state index contributed by atoms with van der Waals surface area (Å²) in [4.78, 5) is 28.3. The van der Waals surface area contributed by atoms with Crippen molar-refractivity contribution >= 4 is 40.1 Å². The summed E-state index contributed by atoms with van der Waals surface area (Å²) in [6.07, 6.45) is 1.48. The molecule has 3 rings (SSSR count). The van der Waals surface area contributed by atoms with Crippen LogP contribution in [0.5, 0.6) is 5.75 Å². The smallest absolute Gasteiger partial charge is 0.311 e. The van der Waals surface area contributed by atoms with Crippen LogP contribution in [0.3, 0.4) is 0 Å². The van der Waals surface area contributed by atoms with Gasteiger partial charge in [-0.1, -0.05) is 23.9 Å².